The fourth-order valence-corrected chi connectivity index (χ4v) is 2.86. The van der Waals surface area contributed by atoms with Gasteiger partial charge in [0.15, 0.2) is 0 Å². The first kappa shape index (κ1) is 18.9. The summed E-state index contributed by atoms with van der Waals surface area (Å²) in [6, 6.07) is 12.9. The van der Waals surface area contributed by atoms with Gasteiger partial charge in [-0.1, -0.05) is 18.2 Å². The quantitative estimate of drug-likeness (QED) is 0.797. The molecule has 0 radical (unpaired) electrons. The molecule has 0 fully saturated rings. The summed E-state index contributed by atoms with van der Waals surface area (Å²) in [7, 11) is 1.55. The zero-order valence-corrected chi connectivity index (χ0v) is 15.4. The Bertz CT molecular complexity index is 762. The summed E-state index contributed by atoms with van der Waals surface area (Å²) in [6.07, 6.45) is 2.01. The number of thioether (sulfide) groups is 1. The van der Waals surface area contributed by atoms with E-state index in [2.05, 4.69) is 10.6 Å². The van der Waals surface area contributed by atoms with Gasteiger partial charge in [0.2, 0.25) is 5.91 Å². The van der Waals surface area contributed by atoms with Gasteiger partial charge < -0.3 is 15.4 Å². The molecule has 0 saturated carbocycles. The van der Waals surface area contributed by atoms with Gasteiger partial charge in [-0.15, -0.1) is 0 Å². The summed E-state index contributed by atoms with van der Waals surface area (Å²) in [4.78, 5) is 24.3. The van der Waals surface area contributed by atoms with Crippen LogP contribution >= 0.6 is 11.8 Å². The maximum Gasteiger partial charge on any atom is 0.251 e. The van der Waals surface area contributed by atoms with Gasteiger partial charge in [-0.3, -0.25) is 9.59 Å². The summed E-state index contributed by atoms with van der Waals surface area (Å²) < 4.78 is 5.23. The van der Waals surface area contributed by atoms with Crippen LogP contribution in [0.15, 0.2) is 42.5 Å². The van der Waals surface area contributed by atoms with Crippen LogP contribution in [0.5, 0.6) is 5.75 Å². The number of amides is 2. The zero-order chi connectivity index (χ0) is 18.2. The average molecular weight is 358 g/mol. The van der Waals surface area contributed by atoms with E-state index >= 15 is 0 Å². The summed E-state index contributed by atoms with van der Waals surface area (Å²) in [5.41, 5.74) is 3.22. The standard InChI is InChI=1S/C19H22N2O3S/c1-13-7-8-17(24-2)16(9-13)21-18(22)11-20-19(23)15-6-4-5-14(10-15)12-25-3/h4-10H,11-12H2,1-3H3,(H,20,23)(H,21,22). The van der Waals surface area contributed by atoms with E-state index in [1.54, 1.807) is 31.0 Å². The van der Waals surface area contributed by atoms with E-state index in [0.29, 0.717) is 17.0 Å². The molecule has 0 spiro atoms. The normalized spacial score (nSPS) is 10.2. The molecular formula is C19H22N2O3S. The van der Waals surface area contributed by atoms with Gasteiger partial charge in [-0.2, -0.15) is 11.8 Å². The molecule has 25 heavy (non-hydrogen) atoms. The predicted octanol–water partition coefficient (Wildman–Crippen LogP) is 3.24. The molecule has 2 amide bonds. The fourth-order valence-electron chi connectivity index (χ4n) is 2.35. The number of ether oxygens (including phenoxy) is 1. The predicted molar refractivity (Wildman–Crippen MR) is 102 cm³/mol. The second kappa shape index (κ2) is 9.13. The highest BCUT2D eigenvalue weighted by Crippen LogP contribution is 2.24. The number of hydrogen-bond donors (Lipinski definition) is 2. The second-order valence-corrected chi connectivity index (χ2v) is 6.43. The number of rotatable bonds is 7. The smallest absolute Gasteiger partial charge is 0.251 e. The van der Waals surface area contributed by atoms with Crippen molar-refractivity contribution in [2.75, 3.05) is 25.2 Å². The minimum Gasteiger partial charge on any atom is -0.495 e. The number of anilines is 1. The topological polar surface area (TPSA) is 67.4 Å². The molecule has 0 aliphatic rings. The molecule has 0 aromatic heterocycles. The minimum absolute atomic E-state index is 0.108. The highest BCUT2D eigenvalue weighted by molar-refractivity contribution is 7.97. The maximum absolute atomic E-state index is 12.2. The van der Waals surface area contributed by atoms with Crippen molar-refractivity contribution in [3.63, 3.8) is 0 Å². The molecule has 2 aromatic carbocycles. The van der Waals surface area contributed by atoms with E-state index < -0.39 is 0 Å². The van der Waals surface area contributed by atoms with Crippen molar-refractivity contribution in [3.8, 4) is 5.75 Å². The highest BCUT2D eigenvalue weighted by atomic mass is 32.2. The lowest BCUT2D eigenvalue weighted by molar-refractivity contribution is -0.115. The first-order chi connectivity index (χ1) is 12.0. The van der Waals surface area contributed by atoms with Crippen molar-refractivity contribution in [2.45, 2.75) is 12.7 Å². The number of nitrogens with one attached hydrogen (secondary N) is 2. The van der Waals surface area contributed by atoms with Crippen LogP contribution in [-0.4, -0.2) is 31.7 Å². The van der Waals surface area contributed by atoms with Gasteiger partial charge in [-0.05, 0) is 48.6 Å². The van der Waals surface area contributed by atoms with Gasteiger partial charge in [-0.25, -0.2) is 0 Å². The van der Waals surface area contributed by atoms with Crippen LogP contribution < -0.4 is 15.4 Å². The van der Waals surface area contributed by atoms with E-state index in [0.717, 1.165) is 16.9 Å². The third kappa shape index (κ3) is 5.53. The van der Waals surface area contributed by atoms with Crippen LogP contribution in [0.4, 0.5) is 5.69 Å². The first-order valence-corrected chi connectivity index (χ1v) is 9.23. The van der Waals surface area contributed by atoms with Gasteiger partial charge in [0.1, 0.15) is 5.75 Å². The third-order valence-electron chi connectivity index (χ3n) is 3.54. The molecule has 2 rings (SSSR count). The number of carbonyl (C=O) groups excluding carboxylic acids is 2. The van der Waals surface area contributed by atoms with E-state index in [9.17, 15) is 9.59 Å². The van der Waals surface area contributed by atoms with E-state index in [-0.39, 0.29) is 18.4 Å². The molecule has 0 bridgehead atoms. The number of hydrogen-bond acceptors (Lipinski definition) is 4. The third-order valence-corrected chi connectivity index (χ3v) is 4.16. The van der Waals surface area contributed by atoms with Crippen molar-refractivity contribution >= 4 is 29.3 Å². The monoisotopic (exact) mass is 358 g/mol. The SMILES string of the molecule is COc1ccc(C)cc1NC(=O)CNC(=O)c1cccc(CSC)c1. The van der Waals surface area contributed by atoms with Crippen molar-refractivity contribution in [1.82, 2.24) is 5.32 Å². The lowest BCUT2D eigenvalue weighted by Gasteiger charge is -2.11. The lowest BCUT2D eigenvalue weighted by Crippen LogP contribution is -2.33. The average Bonchev–Trinajstić information content (AvgIpc) is 2.60. The summed E-state index contributed by atoms with van der Waals surface area (Å²) in [5, 5.41) is 5.40. The minimum atomic E-state index is -0.308. The zero-order valence-electron chi connectivity index (χ0n) is 14.6. The number of methoxy groups -OCH3 is 1. The molecule has 2 N–H and O–H groups in total. The van der Waals surface area contributed by atoms with Crippen LogP contribution in [-0.2, 0) is 10.5 Å². The highest BCUT2D eigenvalue weighted by Gasteiger charge is 2.11. The van der Waals surface area contributed by atoms with E-state index in [1.165, 1.54) is 0 Å². The van der Waals surface area contributed by atoms with Gasteiger partial charge in [0, 0.05) is 11.3 Å². The van der Waals surface area contributed by atoms with E-state index in [1.807, 2.05) is 43.5 Å². The molecule has 132 valence electrons. The molecule has 0 heterocycles. The molecule has 0 aliphatic carbocycles. The Hall–Kier alpha value is -2.47. The van der Waals surface area contributed by atoms with Crippen molar-refractivity contribution in [2.24, 2.45) is 0 Å². The molecular weight excluding hydrogens is 336 g/mol. The fraction of sp³-hybridized carbons (Fsp3) is 0.263. The largest absolute Gasteiger partial charge is 0.495 e. The molecule has 5 nitrogen and oxygen atoms in total. The van der Waals surface area contributed by atoms with Crippen LogP contribution in [0.3, 0.4) is 0 Å². The molecule has 0 aliphatic heterocycles. The Morgan fingerprint density at radius 1 is 1.16 bits per heavy atom. The van der Waals surface area contributed by atoms with Gasteiger partial charge in [0.25, 0.3) is 5.91 Å². The van der Waals surface area contributed by atoms with Crippen molar-refractivity contribution in [1.29, 1.82) is 0 Å². The van der Waals surface area contributed by atoms with Gasteiger partial charge >= 0.3 is 0 Å². The Balaban J connectivity index is 1.94. The van der Waals surface area contributed by atoms with E-state index in [4.69, 9.17) is 4.74 Å². The molecule has 2 aromatic rings. The van der Waals surface area contributed by atoms with Crippen LogP contribution in [0.1, 0.15) is 21.5 Å². The molecule has 0 atom stereocenters. The molecule has 6 heteroatoms. The summed E-state index contributed by atoms with van der Waals surface area (Å²) >= 11 is 1.69. The molecule has 0 saturated heterocycles. The number of aryl methyl sites for hydroxylation is 1. The van der Waals surface area contributed by atoms with Gasteiger partial charge in [0.05, 0.1) is 19.3 Å². The Kier molecular flexibility index (Phi) is 6.89. The Morgan fingerprint density at radius 3 is 2.68 bits per heavy atom. The van der Waals surface area contributed by atoms with Crippen molar-refractivity contribution in [3.05, 3.63) is 59.2 Å². The maximum atomic E-state index is 12.2. The number of carbonyl (C=O) groups is 2. The van der Waals surface area contributed by atoms with Crippen LogP contribution in [0.2, 0.25) is 0 Å². The number of benzene rings is 2. The van der Waals surface area contributed by atoms with Crippen LogP contribution in [0.25, 0.3) is 0 Å². The molecule has 0 unspecified atom stereocenters. The Labute approximate surface area is 152 Å². The Morgan fingerprint density at radius 2 is 1.96 bits per heavy atom. The second-order valence-electron chi connectivity index (χ2n) is 5.57. The first-order valence-electron chi connectivity index (χ1n) is 7.84. The summed E-state index contributed by atoms with van der Waals surface area (Å²) in [6.45, 7) is 1.82. The van der Waals surface area contributed by atoms with Crippen LogP contribution in [0, 0.1) is 6.92 Å². The summed E-state index contributed by atoms with van der Waals surface area (Å²) in [5.74, 6) is 0.844. The lowest BCUT2D eigenvalue weighted by atomic mass is 10.1. The van der Waals surface area contributed by atoms with Crippen molar-refractivity contribution < 1.29 is 14.3 Å².